The van der Waals surface area contributed by atoms with E-state index in [9.17, 15) is 8.42 Å². The molecule has 164 valence electrons. The van der Waals surface area contributed by atoms with Crippen molar-refractivity contribution in [3.8, 4) is 11.5 Å². The summed E-state index contributed by atoms with van der Waals surface area (Å²) in [5.74, 6) is 0.612. The monoisotopic (exact) mass is 551 g/mol. The number of halogens is 1. The largest absolute Gasteiger partial charge is 0.490 e. The first kappa shape index (κ1) is 23.4. The molecule has 1 N–H and O–H groups in total. The lowest BCUT2D eigenvalue weighted by Gasteiger charge is -2.16. The summed E-state index contributed by atoms with van der Waals surface area (Å²) in [6, 6.07) is 16.4. The van der Waals surface area contributed by atoms with Crippen molar-refractivity contribution in [2.75, 3.05) is 11.9 Å². The van der Waals surface area contributed by atoms with Crippen molar-refractivity contribution >= 4 is 38.4 Å². The van der Waals surface area contributed by atoms with Crippen LogP contribution in [0.25, 0.3) is 0 Å². The number of ether oxygens (including phenoxy) is 1. The fourth-order valence-electron chi connectivity index (χ4n) is 3.07. The number of hydrogen-bond acceptors (Lipinski definition) is 5. The third kappa shape index (κ3) is 5.71. The van der Waals surface area contributed by atoms with E-state index in [2.05, 4.69) is 47.8 Å². The first-order valence-corrected chi connectivity index (χ1v) is 12.5. The summed E-state index contributed by atoms with van der Waals surface area (Å²) < 4.78 is 37.5. The van der Waals surface area contributed by atoms with Crippen LogP contribution < -0.4 is 14.2 Å². The maximum absolute atomic E-state index is 12.8. The van der Waals surface area contributed by atoms with Crippen LogP contribution in [0.15, 0.2) is 59.5 Å². The van der Waals surface area contributed by atoms with Gasteiger partial charge in [-0.3, -0.25) is 0 Å². The molecular weight excluding hydrogens is 525 g/mol. The number of benzene rings is 3. The molecule has 0 aliphatic rings. The van der Waals surface area contributed by atoms with E-state index in [4.69, 9.17) is 8.92 Å². The quantitative estimate of drug-likeness (QED) is 0.275. The summed E-state index contributed by atoms with van der Waals surface area (Å²) in [5.41, 5.74) is 5.43. The van der Waals surface area contributed by atoms with Crippen molar-refractivity contribution in [1.29, 1.82) is 0 Å². The Morgan fingerprint density at radius 3 is 2.39 bits per heavy atom. The third-order valence-electron chi connectivity index (χ3n) is 4.96. The Morgan fingerprint density at radius 2 is 1.71 bits per heavy atom. The topological polar surface area (TPSA) is 64.6 Å². The predicted molar refractivity (Wildman–Crippen MR) is 133 cm³/mol. The van der Waals surface area contributed by atoms with E-state index < -0.39 is 10.1 Å². The first-order valence-electron chi connectivity index (χ1n) is 9.97. The molecule has 0 heterocycles. The molecule has 0 radical (unpaired) electrons. The van der Waals surface area contributed by atoms with Crippen LogP contribution in [-0.2, 0) is 16.7 Å². The average molecular weight is 551 g/mol. The van der Waals surface area contributed by atoms with Crippen LogP contribution in [0.5, 0.6) is 11.5 Å². The predicted octanol–water partition coefficient (Wildman–Crippen LogP) is 5.99. The molecule has 0 aromatic heterocycles. The zero-order valence-electron chi connectivity index (χ0n) is 18.0. The van der Waals surface area contributed by atoms with Crippen LogP contribution in [-0.4, -0.2) is 15.0 Å². The van der Waals surface area contributed by atoms with E-state index in [0.29, 0.717) is 22.5 Å². The van der Waals surface area contributed by atoms with Gasteiger partial charge in [-0.2, -0.15) is 8.42 Å². The van der Waals surface area contributed by atoms with Gasteiger partial charge in [-0.25, -0.2) is 0 Å². The lowest BCUT2D eigenvalue weighted by atomic mass is 10.1. The molecular formula is C24H26INO4S. The smallest absolute Gasteiger partial charge is 0.339 e. The fraction of sp³-hybridized carbons (Fsp3) is 0.250. The van der Waals surface area contributed by atoms with Gasteiger partial charge in [-0.1, -0.05) is 29.8 Å². The molecule has 0 aliphatic carbocycles. The van der Waals surface area contributed by atoms with Gasteiger partial charge in [-0.15, -0.1) is 0 Å². The highest BCUT2D eigenvalue weighted by Crippen LogP contribution is 2.36. The number of hydrogen-bond donors (Lipinski definition) is 1. The lowest BCUT2D eigenvalue weighted by molar-refractivity contribution is 0.326. The third-order valence-corrected chi connectivity index (χ3v) is 7.00. The van der Waals surface area contributed by atoms with Gasteiger partial charge in [0.15, 0.2) is 11.5 Å². The van der Waals surface area contributed by atoms with Gasteiger partial charge in [0.05, 0.1) is 10.2 Å². The Kier molecular flexibility index (Phi) is 7.48. The van der Waals surface area contributed by atoms with Crippen LogP contribution in [0.3, 0.4) is 0 Å². The molecule has 31 heavy (non-hydrogen) atoms. The molecule has 3 aromatic carbocycles. The van der Waals surface area contributed by atoms with Crippen LogP contribution in [0.1, 0.15) is 29.2 Å². The lowest BCUT2D eigenvalue weighted by Crippen LogP contribution is -2.12. The number of anilines is 1. The van der Waals surface area contributed by atoms with Crippen LogP contribution in [0, 0.1) is 24.3 Å². The Hall–Kier alpha value is -2.26. The zero-order chi connectivity index (χ0) is 22.6. The summed E-state index contributed by atoms with van der Waals surface area (Å²) in [5, 5.41) is 3.45. The SMILES string of the molecule is CCOc1cc(CNc2cccc(C)c2C)cc(I)c1OS(=O)(=O)c1ccc(C)cc1. The van der Waals surface area contributed by atoms with Gasteiger partial charge >= 0.3 is 10.1 Å². The molecule has 0 saturated carbocycles. The average Bonchev–Trinajstić information content (AvgIpc) is 2.72. The maximum Gasteiger partial charge on any atom is 0.339 e. The minimum Gasteiger partial charge on any atom is -0.490 e. The molecule has 0 spiro atoms. The summed E-state index contributed by atoms with van der Waals surface area (Å²) in [4.78, 5) is 0.108. The molecule has 0 atom stereocenters. The highest BCUT2D eigenvalue weighted by Gasteiger charge is 2.22. The highest BCUT2D eigenvalue weighted by molar-refractivity contribution is 14.1. The maximum atomic E-state index is 12.8. The normalized spacial score (nSPS) is 11.3. The molecule has 0 amide bonds. The van der Waals surface area contributed by atoms with E-state index in [0.717, 1.165) is 16.8 Å². The molecule has 7 heteroatoms. The molecule has 3 rings (SSSR count). The second-order valence-corrected chi connectivity index (χ2v) is 10.00. The highest BCUT2D eigenvalue weighted by atomic mass is 127. The molecule has 0 bridgehead atoms. The van der Waals surface area contributed by atoms with Crippen LogP contribution in [0.2, 0.25) is 0 Å². The standard InChI is InChI=1S/C24H26INO4S/c1-5-29-23-14-19(15-26-22-8-6-7-17(3)18(22)4)13-21(25)24(23)30-31(27,28)20-11-9-16(2)10-12-20/h6-14,26H,5,15H2,1-4H3. The summed E-state index contributed by atoms with van der Waals surface area (Å²) in [6.45, 7) is 8.89. The zero-order valence-corrected chi connectivity index (χ0v) is 21.0. The molecule has 0 saturated heterocycles. The van der Waals surface area contributed by atoms with Crippen LogP contribution >= 0.6 is 22.6 Å². The molecule has 0 aliphatic heterocycles. The Bertz CT molecular complexity index is 1170. The van der Waals surface area contributed by atoms with E-state index in [-0.39, 0.29) is 10.6 Å². The minimum atomic E-state index is -3.97. The minimum absolute atomic E-state index is 0.108. The first-order chi connectivity index (χ1) is 14.7. The van der Waals surface area contributed by atoms with Crippen LogP contribution in [0.4, 0.5) is 5.69 Å². The number of rotatable bonds is 8. The molecule has 0 unspecified atom stereocenters. The van der Waals surface area contributed by atoms with Gasteiger partial charge < -0.3 is 14.2 Å². The summed E-state index contributed by atoms with van der Waals surface area (Å²) in [7, 11) is -3.97. The molecule has 3 aromatic rings. The van der Waals surface area contributed by atoms with E-state index in [1.165, 1.54) is 11.1 Å². The molecule has 5 nitrogen and oxygen atoms in total. The van der Waals surface area contributed by atoms with Gasteiger partial charge in [-0.05, 0) is 97.3 Å². The molecule has 0 fully saturated rings. The Labute approximate surface area is 198 Å². The van der Waals surface area contributed by atoms with Crippen molar-refractivity contribution < 1.29 is 17.3 Å². The number of nitrogens with one attached hydrogen (secondary N) is 1. The second-order valence-electron chi connectivity index (χ2n) is 7.29. The van der Waals surface area contributed by atoms with E-state index >= 15 is 0 Å². The van der Waals surface area contributed by atoms with Gasteiger partial charge in [0, 0.05) is 12.2 Å². The van der Waals surface area contributed by atoms with E-state index in [1.807, 2.05) is 38.1 Å². The second kappa shape index (κ2) is 9.91. The van der Waals surface area contributed by atoms with Crippen molar-refractivity contribution in [1.82, 2.24) is 0 Å². The summed E-state index contributed by atoms with van der Waals surface area (Å²) in [6.07, 6.45) is 0. The summed E-state index contributed by atoms with van der Waals surface area (Å²) >= 11 is 2.09. The van der Waals surface area contributed by atoms with Crippen molar-refractivity contribution in [2.24, 2.45) is 0 Å². The van der Waals surface area contributed by atoms with Gasteiger partial charge in [0.25, 0.3) is 0 Å². The fourth-order valence-corrected chi connectivity index (χ4v) is 4.95. The Morgan fingerprint density at radius 1 is 1.00 bits per heavy atom. The van der Waals surface area contributed by atoms with Crippen molar-refractivity contribution in [3.63, 3.8) is 0 Å². The van der Waals surface area contributed by atoms with Crippen molar-refractivity contribution in [2.45, 2.75) is 39.1 Å². The Balaban J connectivity index is 1.88. The van der Waals surface area contributed by atoms with E-state index in [1.54, 1.807) is 24.3 Å². The van der Waals surface area contributed by atoms with Gasteiger partial charge in [0.2, 0.25) is 0 Å². The van der Waals surface area contributed by atoms with Crippen molar-refractivity contribution in [3.05, 3.63) is 80.4 Å². The van der Waals surface area contributed by atoms with Gasteiger partial charge in [0.1, 0.15) is 4.90 Å². The number of aryl methyl sites for hydroxylation is 2.